The number of ether oxygens (including phenoxy) is 1. The first-order chi connectivity index (χ1) is 14.3. The third kappa shape index (κ3) is 4.66. The van der Waals surface area contributed by atoms with E-state index in [0.29, 0.717) is 42.7 Å². The van der Waals surface area contributed by atoms with Gasteiger partial charge < -0.3 is 24.4 Å². The molecule has 0 bridgehead atoms. The highest BCUT2D eigenvalue weighted by atomic mass is 16.5. The van der Waals surface area contributed by atoms with E-state index < -0.39 is 11.6 Å². The normalized spacial score (nSPS) is 18.9. The van der Waals surface area contributed by atoms with Crippen LogP contribution in [0.15, 0.2) is 21.3 Å². The monoisotopic (exact) mass is 414 g/mol. The first kappa shape index (κ1) is 21.9. The lowest BCUT2D eigenvalue weighted by Gasteiger charge is -2.29. The van der Waals surface area contributed by atoms with Gasteiger partial charge in [0.25, 0.3) is 0 Å². The Morgan fingerprint density at radius 2 is 1.87 bits per heavy atom. The van der Waals surface area contributed by atoms with E-state index in [-0.39, 0.29) is 24.2 Å². The van der Waals surface area contributed by atoms with Crippen molar-refractivity contribution < 1.29 is 23.8 Å². The largest absolute Gasteiger partial charge is 0.550 e. The second-order valence-electron chi connectivity index (χ2n) is 8.10. The number of carboxylic acid groups (broad SMARTS) is 1. The van der Waals surface area contributed by atoms with Crippen molar-refractivity contribution in [2.24, 2.45) is 11.8 Å². The molecule has 1 aliphatic rings. The molecule has 1 fully saturated rings. The van der Waals surface area contributed by atoms with Crippen LogP contribution in [-0.2, 0) is 16.0 Å². The molecule has 1 saturated carbocycles. The highest BCUT2D eigenvalue weighted by molar-refractivity contribution is 5.85. The van der Waals surface area contributed by atoms with E-state index in [1.165, 1.54) is 0 Å². The second kappa shape index (κ2) is 9.32. The number of amides is 1. The molecule has 30 heavy (non-hydrogen) atoms. The maximum absolute atomic E-state index is 12.5. The summed E-state index contributed by atoms with van der Waals surface area (Å²) in [6.07, 6.45) is 3.25. The SMILES string of the molecule is COc1ccc2c(C)c(CCC(=O)NCC3CCC(C(=O)[O-])CC3)c(=O)oc2c1C. The molecule has 162 valence electrons. The summed E-state index contributed by atoms with van der Waals surface area (Å²) in [5, 5.41) is 14.7. The summed E-state index contributed by atoms with van der Waals surface area (Å²) < 4.78 is 10.8. The molecule has 0 unspecified atom stereocenters. The van der Waals surface area contributed by atoms with Gasteiger partial charge in [-0.2, -0.15) is 0 Å². The molecule has 1 aromatic heterocycles. The smallest absolute Gasteiger partial charge is 0.339 e. The Balaban J connectivity index is 1.60. The van der Waals surface area contributed by atoms with Crippen LogP contribution in [0.5, 0.6) is 5.75 Å². The zero-order chi connectivity index (χ0) is 21.8. The molecular formula is C23H28NO6-. The van der Waals surface area contributed by atoms with Gasteiger partial charge in [-0.05, 0) is 75.5 Å². The maximum Gasteiger partial charge on any atom is 0.339 e. The van der Waals surface area contributed by atoms with Crippen LogP contribution in [0.1, 0.15) is 48.8 Å². The summed E-state index contributed by atoms with van der Waals surface area (Å²) in [6.45, 7) is 4.24. The minimum absolute atomic E-state index is 0.123. The van der Waals surface area contributed by atoms with Crippen LogP contribution in [0.3, 0.4) is 0 Å². The Morgan fingerprint density at radius 3 is 2.50 bits per heavy atom. The Morgan fingerprint density at radius 1 is 1.17 bits per heavy atom. The molecule has 1 amide bonds. The van der Waals surface area contributed by atoms with Gasteiger partial charge in [0.1, 0.15) is 11.3 Å². The number of nitrogens with one attached hydrogen (secondary N) is 1. The first-order valence-corrected chi connectivity index (χ1v) is 10.4. The molecule has 0 spiro atoms. The third-order valence-electron chi connectivity index (χ3n) is 6.24. The first-order valence-electron chi connectivity index (χ1n) is 10.4. The minimum Gasteiger partial charge on any atom is -0.550 e. The van der Waals surface area contributed by atoms with Gasteiger partial charge in [-0.25, -0.2) is 4.79 Å². The summed E-state index contributed by atoms with van der Waals surface area (Å²) in [7, 11) is 1.57. The zero-order valence-corrected chi connectivity index (χ0v) is 17.7. The summed E-state index contributed by atoms with van der Waals surface area (Å²) in [4.78, 5) is 35.7. The molecule has 0 radical (unpaired) electrons. The fourth-order valence-corrected chi connectivity index (χ4v) is 4.27. The van der Waals surface area contributed by atoms with Crippen LogP contribution in [-0.4, -0.2) is 25.5 Å². The number of aryl methyl sites for hydroxylation is 2. The summed E-state index contributed by atoms with van der Waals surface area (Å²) >= 11 is 0. The number of rotatable bonds is 7. The highest BCUT2D eigenvalue weighted by Gasteiger charge is 2.22. The van der Waals surface area contributed by atoms with Gasteiger partial charge in [-0.15, -0.1) is 0 Å². The number of carbonyl (C=O) groups is 2. The van der Waals surface area contributed by atoms with E-state index >= 15 is 0 Å². The zero-order valence-electron chi connectivity index (χ0n) is 17.7. The lowest BCUT2D eigenvalue weighted by molar-refractivity contribution is -0.312. The highest BCUT2D eigenvalue weighted by Crippen LogP contribution is 2.30. The van der Waals surface area contributed by atoms with Gasteiger partial charge in [-0.3, -0.25) is 4.79 Å². The topological polar surface area (TPSA) is 109 Å². The molecule has 1 N–H and O–H groups in total. The van der Waals surface area contributed by atoms with Crippen molar-refractivity contribution in [1.82, 2.24) is 5.32 Å². The molecular weight excluding hydrogens is 386 g/mol. The standard InChI is InChI=1S/C23H29NO6/c1-13-17-8-10-19(29-3)14(2)21(17)30-23(28)18(13)9-11-20(25)24-12-15-4-6-16(7-5-15)22(26)27/h8,10,15-16H,4-7,9,11-12H2,1-3H3,(H,24,25)(H,26,27)/p-1. The number of carboxylic acids is 1. The van der Waals surface area contributed by atoms with Gasteiger partial charge in [-0.1, -0.05) is 0 Å². The van der Waals surface area contributed by atoms with E-state index in [9.17, 15) is 19.5 Å². The number of hydrogen-bond donors (Lipinski definition) is 1. The van der Waals surface area contributed by atoms with Crippen LogP contribution in [0.2, 0.25) is 0 Å². The van der Waals surface area contributed by atoms with Crippen LogP contribution < -0.4 is 20.8 Å². The van der Waals surface area contributed by atoms with Crippen LogP contribution in [0.25, 0.3) is 11.0 Å². The molecule has 7 heteroatoms. The molecule has 1 heterocycles. The van der Waals surface area contributed by atoms with E-state index in [1.54, 1.807) is 7.11 Å². The fourth-order valence-electron chi connectivity index (χ4n) is 4.27. The van der Waals surface area contributed by atoms with Crippen molar-refractivity contribution >= 4 is 22.8 Å². The van der Waals surface area contributed by atoms with Gasteiger partial charge in [0.05, 0.1) is 7.11 Å². The Bertz CT molecular complexity index is 1000. The maximum atomic E-state index is 12.5. The number of carbonyl (C=O) groups excluding carboxylic acids is 2. The number of methoxy groups -OCH3 is 1. The lowest BCUT2D eigenvalue weighted by atomic mass is 9.82. The van der Waals surface area contributed by atoms with Crippen molar-refractivity contribution in [2.75, 3.05) is 13.7 Å². The quantitative estimate of drug-likeness (QED) is 0.695. The molecule has 7 nitrogen and oxygen atoms in total. The molecule has 1 aromatic carbocycles. The molecule has 1 aliphatic carbocycles. The fraction of sp³-hybridized carbons (Fsp3) is 0.522. The molecule has 2 aromatic rings. The molecule has 0 atom stereocenters. The predicted molar refractivity (Wildman–Crippen MR) is 110 cm³/mol. The Labute approximate surface area is 175 Å². The lowest BCUT2D eigenvalue weighted by Crippen LogP contribution is -2.36. The number of aliphatic carboxylic acids is 1. The van der Waals surface area contributed by atoms with Gasteiger partial charge in [0, 0.05) is 35.4 Å². The summed E-state index contributed by atoms with van der Waals surface area (Å²) in [5.41, 5.74) is 2.19. The molecule has 3 rings (SSSR count). The van der Waals surface area contributed by atoms with Crippen molar-refractivity contribution in [3.63, 3.8) is 0 Å². The van der Waals surface area contributed by atoms with Crippen molar-refractivity contribution in [3.8, 4) is 5.75 Å². The van der Waals surface area contributed by atoms with E-state index in [1.807, 2.05) is 26.0 Å². The Kier molecular flexibility index (Phi) is 6.80. The van der Waals surface area contributed by atoms with Gasteiger partial charge >= 0.3 is 5.63 Å². The number of hydrogen-bond acceptors (Lipinski definition) is 6. The predicted octanol–water partition coefficient (Wildman–Crippen LogP) is 2.02. The second-order valence-corrected chi connectivity index (χ2v) is 8.10. The average molecular weight is 414 g/mol. The van der Waals surface area contributed by atoms with E-state index in [4.69, 9.17) is 9.15 Å². The van der Waals surface area contributed by atoms with Crippen molar-refractivity contribution in [2.45, 2.75) is 52.4 Å². The van der Waals surface area contributed by atoms with Crippen molar-refractivity contribution in [3.05, 3.63) is 39.2 Å². The summed E-state index contributed by atoms with van der Waals surface area (Å²) in [5.74, 6) is -0.519. The average Bonchev–Trinajstić information content (AvgIpc) is 2.73. The van der Waals surface area contributed by atoms with E-state index in [0.717, 1.165) is 29.4 Å². The van der Waals surface area contributed by atoms with Gasteiger partial charge in [0.15, 0.2) is 0 Å². The van der Waals surface area contributed by atoms with Crippen LogP contribution in [0.4, 0.5) is 0 Å². The van der Waals surface area contributed by atoms with Crippen LogP contribution in [0, 0.1) is 25.7 Å². The van der Waals surface area contributed by atoms with E-state index in [2.05, 4.69) is 5.32 Å². The Hall–Kier alpha value is -2.83. The molecule has 0 aliphatic heterocycles. The van der Waals surface area contributed by atoms with Crippen molar-refractivity contribution in [1.29, 1.82) is 0 Å². The third-order valence-corrected chi connectivity index (χ3v) is 6.24. The summed E-state index contributed by atoms with van der Waals surface area (Å²) in [6, 6.07) is 3.71. The molecule has 0 saturated heterocycles. The van der Waals surface area contributed by atoms with Crippen LogP contribution >= 0.6 is 0 Å². The number of benzene rings is 1. The van der Waals surface area contributed by atoms with Gasteiger partial charge in [0.2, 0.25) is 5.91 Å². The number of fused-ring (bicyclic) bond motifs is 1. The minimum atomic E-state index is -0.976.